The van der Waals surface area contributed by atoms with E-state index in [-0.39, 0.29) is 29.3 Å². The first-order valence-electron chi connectivity index (χ1n) is 11.7. The molecule has 0 saturated carbocycles. The van der Waals surface area contributed by atoms with Gasteiger partial charge >= 0.3 is 5.69 Å². The lowest BCUT2D eigenvalue weighted by molar-refractivity contribution is -0.131. The Bertz CT molecular complexity index is 1460. The molecular weight excluding hydrogens is 468 g/mol. The van der Waals surface area contributed by atoms with Crippen LogP contribution in [0.15, 0.2) is 56.9 Å². The number of benzene rings is 2. The molecule has 1 aromatic heterocycles. The summed E-state index contributed by atoms with van der Waals surface area (Å²) in [6.07, 6.45) is 3.90. The SMILES string of the molecule is Cc1ccc(CNS(=O)(=O)c2ccc3c(c2)c(=O)n(CC(=O)N2CCCCCC2)c(=O)n3C)cc1. The van der Waals surface area contributed by atoms with Gasteiger partial charge in [0.1, 0.15) is 6.54 Å². The van der Waals surface area contributed by atoms with Crippen molar-refractivity contribution in [1.82, 2.24) is 18.8 Å². The molecule has 1 fully saturated rings. The van der Waals surface area contributed by atoms with Crippen molar-refractivity contribution in [3.8, 4) is 0 Å². The first kappa shape index (κ1) is 24.9. The first-order chi connectivity index (χ1) is 16.7. The summed E-state index contributed by atoms with van der Waals surface area (Å²) in [5.41, 5.74) is 0.885. The van der Waals surface area contributed by atoms with E-state index in [0.717, 1.165) is 41.4 Å². The molecule has 3 aromatic rings. The van der Waals surface area contributed by atoms with Gasteiger partial charge in [-0.1, -0.05) is 42.7 Å². The number of carbonyl (C=O) groups excluding carboxylic acids is 1. The van der Waals surface area contributed by atoms with Crippen LogP contribution in [0.25, 0.3) is 10.9 Å². The van der Waals surface area contributed by atoms with Crippen LogP contribution in [-0.2, 0) is 35.0 Å². The fraction of sp³-hybridized carbons (Fsp3) is 0.400. The topological polar surface area (TPSA) is 110 Å². The quantitative estimate of drug-likeness (QED) is 0.558. The Morgan fingerprint density at radius 1 is 0.971 bits per heavy atom. The van der Waals surface area contributed by atoms with Gasteiger partial charge in [0, 0.05) is 26.7 Å². The van der Waals surface area contributed by atoms with Crippen LogP contribution in [0.4, 0.5) is 0 Å². The fourth-order valence-electron chi connectivity index (χ4n) is 4.32. The summed E-state index contributed by atoms with van der Waals surface area (Å²) in [6, 6.07) is 11.6. The lowest BCUT2D eigenvalue weighted by Crippen LogP contribution is -2.44. The Kier molecular flexibility index (Phi) is 7.23. The highest BCUT2D eigenvalue weighted by atomic mass is 32.2. The third-order valence-corrected chi connectivity index (χ3v) is 7.87. The van der Waals surface area contributed by atoms with E-state index in [2.05, 4.69) is 4.72 Å². The Balaban J connectivity index is 1.65. The van der Waals surface area contributed by atoms with Crippen molar-refractivity contribution < 1.29 is 13.2 Å². The van der Waals surface area contributed by atoms with Gasteiger partial charge in [-0.05, 0) is 43.5 Å². The normalized spacial score (nSPS) is 14.7. The maximum atomic E-state index is 13.2. The number of sulfonamides is 1. The van der Waals surface area contributed by atoms with Gasteiger partial charge in [-0.2, -0.15) is 0 Å². The van der Waals surface area contributed by atoms with E-state index in [0.29, 0.717) is 18.6 Å². The molecule has 1 aliphatic rings. The van der Waals surface area contributed by atoms with Crippen molar-refractivity contribution in [3.63, 3.8) is 0 Å². The minimum absolute atomic E-state index is 0.0639. The van der Waals surface area contributed by atoms with Crippen molar-refractivity contribution in [2.45, 2.75) is 50.6 Å². The van der Waals surface area contributed by atoms with E-state index >= 15 is 0 Å². The summed E-state index contributed by atoms with van der Waals surface area (Å²) in [5, 5.41) is 0.0639. The van der Waals surface area contributed by atoms with E-state index in [1.165, 1.54) is 29.8 Å². The van der Waals surface area contributed by atoms with Crippen LogP contribution >= 0.6 is 0 Å². The summed E-state index contributed by atoms with van der Waals surface area (Å²) < 4.78 is 30.6. The maximum absolute atomic E-state index is 13.2. The highest BCUT2D eigenvalue weighted by Gasteiger charge is 2.21. The second kappa shape index (κ2) is 10.2. The minimum atomic E-state index is -3.92. The zero-order valence-electron chi connectivity index (χ0n) is 20.0. The van der Waals surface area contributed by atoms with Gasteiger partial charge in [0.25, 0.3) is 5.56 Å². The van der Waals surface area contributed by atoms with E-state index in [9.17, 15) is 22.8 Å². The molecule has 1 aliphatic heterocycles. The molecule has 9 nitrogen and oxygen atoms in total. The van der Waals surface area contributed by atoms with Gasteiger partial charge in [0.05, 0.1) is 15.8 Å². The Morgan fingerprint density at radius 2 is 1.63 bits per heavy atom. The molecule has 0 bridgehead atoms. The predicted molar refractivity (Wildman–Crippen MR) is 134 cm³/mol. The molecule has 186 valence electrons. The highest BCUT2D eigenvalue weighted by Crippen LogP contribution is 2.16. The number of amides is 1. The largest absolute Gasteiger partial charge is 0.341 e. The number of aromatic nitrogens is 2. The number of hydrogen-bond acceptors (Lipinski definition) is 5. The lowest BCUT2D eigenvalue weighted by Gasteiger charge is -2.21. The molecule has 0 radical (unpaired) electrons. The third-order valence-electron chi connectivity index (χ3n) is 6.47. The molecule has 1 amide bonds. The number of hydrogen-bond donors (Lipinski definition) is 1. The zero-order chi connectivity index (χ0) is 25.2. The maximum Gasteiger partial charge on any atom is 0.331 e. The standard InChI is InChI=1S/C25H30N4O5S/c1-18-7-9-19(10-8-18)16-26-35(33,34)20-11-12-22-21(15-20)24(31)29(25(32)27(22)2)17-23(30)28-13-5-3-4-6-14-28/h7-12,15,26H,3-6,13-14,16-17H2,1-2H3. The van der Waals surface area contributed by atoms with Gasteiger partial charge in [-0.25, -0.2) is 17.9 Å². The number of nitrogens with one attached hydrogen (secondary N) is 1. The molecule has 1 N–H and O–H groups in total. The summed E-state index contributed by atoms with van der Waals surface area (Å²) in [6.45, 7) is 2.89. The minimum Gasteiger partial charge on any atom is -0.341 e. The molecule has 0 atom stereocenters. The van der Waals surface area contributed by atoms with Gasteiger partial charge in [-0.3, -0.25) is 18.7 Å². The average molecular weight is 499 g/mol. The van der Waals surface area contributed by atoms with Gasteiger partial charge in [0.2, 0.25) is 15.9 Å². The summed E-state index contributed by atoms with van der Waals surface area (Å²) in [5.74, 6) is -0.283. The van der Waals surface area contributed by atoms with Crippen LogP contribution in [0.2, 0.25) is 0 Å². The Hall–Kier alpha value is -3.24. The van der Waals surface area contributed by atoms with Crippen LogP contribution in [0.5, 0.6) is 0 Å². The predicted octanol–water partition coefficient (Wildman–Crippen LogP) is 1.89. The zero-order valence-corrected chi connectivity index (χ0v) is 20.8. The second-order valence-corrected chi connectivity index (χ2v) is 10.8. The molecule has 35 heavy (non-hydrogen) atoms. The van der Waals surface area contributed by atoms with Crippen molar-refractivity contribution in [1.29, 1.82) is 0 Å². The molecule has 1 saturated heterocycles. The number of carbonyl (C=O) groups is 1. The molecule has 4 rings (SSSR count). The van der Waals surface area contributed by atoms with Crippen molar-refractivity contribution in [2.24, 2.45) is 7.05 Å². The summed E-state index contributed by atoms with van der Waals surface area (Å²) in [7, 11) is -2.42. The van der Waals surface area contributed by atoms with Gasteiger partial charge < -0.3 is 4.90 Å². The summed E-state index contributed by atoms with van der Waals surface area (Å²) in [4.78, 5) is 40.6. The van der Waals surface area contributed by atoms with Gasteiger partial charge in [-0.15, -0.1) is 0 Å². The number of nitrogens with zero attached hydrogens (tertiary/aromatic N) is 3. The monoisotopic (exact) mass is 498 g/mol. The summed E-state index contributed by atoms with van der Waals surface area (Å²) >= 11 is 0. The number of likely N-dealkylation sites (tertiary alicyclic amines) is 1. The molecule has 2 heterocycles. The molecular formula is C25H30N4O5S. The average Bonchev–Trinajstić information content (AvgIpc) is 3.14. The number of aryl methyl sites for hydroxylation is 2. The third kappa shape index (κ3) is 5.38. The Labute approximate surface area is 204 Å². The van der Waals surface area contributed by atoms with Crippen LogP contribution in [0.1, 0.15) is 36.8 Å². The molecule has 2 aromatic carbocycles. The molecule has 10 heteroatoms. The molecule has 0 unspecified atom stereocenters. The van der Waals surface area contributed by atoms with E-state index in [1.54, 1.807) is 4.90 Å². The number of fused-ring (bicyclic) bond motifs is 1. The van der Waals surface area contributed by atoms with Crippen molar-refractivity contribution in [3.05, 3.63) is 74.4 Å². The second-order valence-electron chi connectivity index (χ2n) is 9.02. The van der Waals surface area contributed by atoms with Crippen LogP contribution in [0.3, 0.4) is 0 Å². The fourth-order valence-corrected chi connectivity index (χ4v) is 5.37. The molecule has 0 spiro atoms. The van der Waals surface area contributed by atoms with Crippen LogP contribution < -0.4 is 16.0 Å². The van der Waals surface area contributed by atoms with Gasteiger partial charge in [0.15, 0.2) is 0 Å². The smallest absolute Gasteiger partial charge is 0.331 e. The van der Waals surface area contributed by atoms with E-state index in [1.807, 2.05) is 31.2 Å². The number of rotatable bonds is 6. The van der Waals surface area contributed by atoms with Crippen molar-refractivity contribution >= 4 is 26.8 Å². The van der Waals surface area contributed by atoms with E-state index < -0.39 is 21.3 Å². The van der Waals surface area contributed by atoms with Crippen LogP contribution in [0, 0.1) is 6.92 Å². The highest BCUT2D eigenvalue weighted by molar-refractivity contribution is 7.89. The molecule has 0 aliphatic carbocycles. The lowest BCUT2D eigenvalue weighted by atomic mass is 10.2. The van der Waals surface area contributed by atoms with Crippen molar-refractivity contribution in [2.75, 3.05) is 13.1 Å². The Morgan fingerprint density at radius 3 is 2.29 bits per heavy atom. The van der Waals surface area contributed by atoms with Crippen LogP contribution in [-0.4, -0.2) is 41.4 Å². The first-order valence-corrected chi connectivity index (χ1v) is 13.2. The van der Waals surface area contributed by atoms with E-state index in [4.69, 9.17) is 0 Å².